The molecule has 2 atom stereocenters. The molecule has 0 aliphatic carbocycles. The zero-order valence-corrected chi connectivity index (χ0v) is 15.0. The maximum atomic E-state index is 11.9. The number of esters is 1. The molecule has 5 heteroatoms. The van der Waals surface area contributed by atoms with E-state index < -0.39 is 23.5 Å². The zero-order valence-electron chi connectivity index (χ0n) is 15.0. The van der Waals surface area contributed by atoms with Crippen LogP contribution in [0, 0.1) is 0 Å². The van der Waals surface area contributed by atoms with E-state index in [9.17, 15) is 14.7 Å². The van der Waals surface area contributed by atoms with Crippen LogP contribution in [-0.4, -0.2) is 40.3 Å². The number of carbonyl (C=O) groups excluding carboxylic acids is 2. The summed E-state index contributed by atoms with van der Waals surface area (Å²) in [6.07, 6.45) is 9.57. The molecule has 0 aliphatic rings. The van der Waals surface area contributed by atoms with Crippen LogP contribution >= 0.6 is 0 Å². The summed E-state index contributed by atoms with van der Waals surface area (Å²) < 4.78 is 4.72. The summed E-state index contributed by atoms with van der Waals surface area (Å²) in [5.41, 5.74) is -2.12. The minimum atomic E-state index is -2.12. The Hall–Kier alpha value is -0.940. The third kappa shape index (κ3) is 10.4. The van der Waals surface area contributed by atoms with Gasteiger partial charge >= 0.3 is 5.97 Å². The second-order valence-corrected chi connectivity index (χ2v) is 6.52. The van der Waals surface area contributed by atoms with Gasteiger partial charge in [0.25, 0.3) is 0 Å². The molecule has 0 heterocycles. The molecule has 0 aromatic carbocycles. The summed E-state index contributed by atoms with van der Waals surface area (Å²) >= 11 is 0. The summed E-state index contributed by atoms with van der Waals surface area (Å²) in [6, 6.07) is 0. The van der Waals surface area contributed by atoms with E-state index in [2.05, 4.69) is 6.92 Å². The molecule has 0 aliphatic heterocycles. The van der Waals surface area contributed by atoms with Crippen molar-refractivity contribution >= 4 is 11.8 Å². The first-order chi connectivity index (χ1) is 10.8. The molecule has 5 nitrogen and oxygen atoms in total. The second kappa shape index (κ2) is 12.5. The number of rotatable bonds is 14. The molecular weight excluding hydrogens is 296 g/mol. The van der Waals surface area contributed by atoms with Gasteiger partial charge in [-0.15, -0.1) is 0 Å². The Morgan fingerprint density at radius 3 is 1.96 bits per heavy atom. The number of ether oxygens (including phenoxy) is 1. The third-order valence-electron chi connectivity index (χ3n) is 3.90. The van der Waals surface area contributed by atoms with Crippen LogP contribution in [0.4, 0.5) is 0 Å². The maximum Gasteiger partial charge on any atom is 0.345 e. The molecule has 136 valence electrons. The van der Waals surface area contributed by atoms with E-state index in [1.807, 2.05) is 0 Å². The number of aliphatic hydroxyl groups excluding tert-OH is 1. The lowest BCUT2D eigenvalue weighted by atomic mass is 9.96. The molecule has 0 bridgehead atoms. The summed E-state index contributed by atoms with van der Waals surface area (Å²) in [5, 5.41) is 19.0. The number of hydrogen-bond acceptors (Lipinski definition) is 5. The lowest BCUT2D eigenvalue weighted by Gasteiger charge is -2.20. The molecule has 0 radical (unpaired) electrons. The van der Waals surface area contributed by atoms with Crippen molar-refractivity contribution in [3.63, 3.8) is 0 Å². The fourth-order valence-electron chi connectivity index (χ4n) is 2.29. The quantitative estimate of drug-likeness (QED) is 0.290. The Labute approximate surface area is 140 Å². The van der Waals surface area contributed by atoms with Gasteiger partial charge in [-0.25, -0.2) is 4.79 Å². The molecule has 2 N–H and O–H groups in total. The summed E-state index contributed by atoms with van der Waals surface area (Å²) in [7, 11) is 0. The molecule has 0 aromatic rings. The molecule has 0 saturated carbocycles. The molecular formula is C18H34O5. The Bertz CT molecular complexity index is 336. The van der Waals surface area contributed by atoms with Gasteiger partial charge in [0.15, 0.2) is 5.78 Å². The smallest absolute Gasteiger partial charge is 0.345 e. The van der Waals surface area contributed by atoms with E-state index in [0.29, 0.717) is 6.42 Å². The Balaban J connectivity index is 3.80. The van der Waals surface area contributed by atoms with Crippen molar-refractivity contribution in [3.05, 3.63) is 0 Å². The fraction of sp³-hybridized carbons (Fsp3) is 0.889. The molecule has 0 aromatic heterocycles. The molecule has 2 unspecified atom stereocenters. The Kier molecular flexibility index (Phi) is 12.0. The largest absolute Gasteiger partial charge is 0.460 e. The van der Waals surface area contributed by atoms with Crippen molar-refractivity contribution in [2.45, 2.75) is 96.7 Å². The maximum absolute atomic E-state index is 11.9. The van der Waals surface area contributed by atoms with E-state index in [1.165, 1.54) is 45.4 Å². The average molecular weight is 330 g/mol. The number of hydrogen-bond donors (Lipinski definition) is 2. The lowest BCUT2D eigenvalue weighted by Crippen LogP contribution is -2.45. The molecule has 23 heavy (non-hydrogen) atoms. The monoisotopic (exact) mass is 330 g/mol. The van der Waals surface area contributed by atoms with Gasteiger partial charge in [0.1, 0.15) is 6.61 Å². The number of unbranched alkanes of at least 4 members (excludes halogenated alkanes) is 8. The van der Waals surface area contributed by atoms with E-state index in [1.54, 1.807) is 0 Å². The number of Topliss-reactive ketones (excluding diaryl/α,β-unsaturated/α-hetero) is 1. The van der Waals surface area contributed by atoms with E-state index in [0.717, 1.165) is 19.8 Å². The molecule has 0 fully saturated rings. The lowest BCUT2D eigenvalue weighted by molar-refractivity contribution is -0.170. The predicted molar refractivity (Wildman–Crippen MR) is 90.1 cm³/mol. The average Bonchev–Trinajstić information content (AvgIpc) is 2.50. The highest BCUT2D eigenvalue weighted by Gasteiger charge is 2.39. The molecule has 0 saturated heterocycles. The Morgan fingerprint density at radius 2 is 1.48 bits per heavy atom. The first kappa shape index (κ1) is 22.1. The fourth-order valence-corrected chi connectivity index (χ4v) is 2.29. The van der Waals surface area contributed by atoms with Crippen molar-refractivity contribution < 1.29 is 24.5 Å². The van der Waals surface area contributed by atoms with Gasteiger partial charge in [-0.05, 0) is 20.3 Å². The van der Waals surface area contributed by atoms with Crippen LogP contribution in [0.5, 0.6) is 0 Å². The summed E-state index contributed by atoms with van der Waals surface area (Å²) in [5.74, 6) is -1.50. The number of carbonyl (C=O) groups is 2. The standard InChI is InChI=1S/C18H34O5/c1-4-5-6-7-8-9-10-11-12-13-16(20)18(3,22)17(21)23-14-15(2)19/h15,19,22H,4-14H2,1-3H3. The van der Waals surface area contributed by atoms with Crippen molar-refractivity contribution in [1.29, 1.82) is 0 Å². The van der Waals surface area contributed by atoms with Gasteiger partial charge in [0.2, 0.25) is 5.60 Å². The van der Waals surface area contributed by atoms with Crippen molar-refractivity contribution in [1.82, 2.24) is 0 Å². The first-order valence-electron chi connectivity index (χ1n) is 8.93. The zero-order chi connectivity index (χ0) is 17.7. The number of ketones is 1. The van der Waals surface area contributed by atoms with Crippen LogP contribution in [0.25, 0.3) is 0 Å². The van der Waals surface area contributed by atoms with Gasteiger partial charge < -0.3 is 14.9 Å². The van der Waals surface area contributed by atoms with E-state index in [-0.39, 0.29) is 13.0 Å². The van der Waals surface area contributed by atoms with Crippen molar-refractivity contribution in [2.24, 2.45) is 0 Å². The third-order valence-corrected chi connectivity index (χ3v) is 3.90. The highest BCUT2D eigenvalue weighted by Crippen LogP contribution is 2.15. The predicted octanol–water partition coefficient (Wildman–Crippen LogP) is 3.15. The van der Waals surface area contributed by atoms with Crippen LogP contribution < -0.4 is 0 Å². The molecule has 0 rings (SSSR count). The SMILES string of the molecule is CCCCCCCCCCCC(=O)C(C)(O)C(=O)OCC(C)O. The molecule has 0 spiro atoms. The van der Waals surface area contributed by atoms with E-state index >= 15 is 0 Å². The van der Waals surface area contributed by atoms with Gasteiger partial charge in [0.05, 0.1) is 6.10 Å². The summed E-state index contributed by atoms with van der Waals surface area (Å²) in [6.45, 7) is 4.60. The highest BCUT2D eigenvalue weighted by atomic mass is 16.6. The van der Waals surface area contributed by atoms with Crippen LogP contribution in [0.15, 0.2) is 0 Å². The van der Waals surface area contributed by atoms with Gasteiger partial charge in [-0.2, -0.15) is 0 Å². The minimum absolute atomic E-state index is 0.173. The molecule has 0 amide bonds. The van der Waals surface area contributed by atoms with Crippen LogP contribution in [0.3, 0.4) is 0 Å². The van der Waals surface area contributed by atoms with Crippen molar-refractivity contribution in [3.8, 4) is 0 Å². The van der Waals surface area contributed by atoms with Crippen LogP contribution in [0.2, 0.25) is 0 Å². The topological polar surface area (TPSA) is 83.8 Å². The van der Waals surface area contributed by atoms with Crippen LogP contribution in [0.1, 0.15) is 85.0 Å². The summed E-state index contributed by atoms with van der Waals surface area (Å²) in [4.78, 5) is 23.6. The Morgan fingerprint density at radius 1 is 1.00 bits per heavy atom. The van der Waals surface area contributed by atoms with Crippen LogP contribution in [-0.2, 0) is 14.3 Å². The van der Waals surface area contributed by atoms with E-state index in [4.69, 9.17) is 9.84 Å². The normalized spacial score (nSPS) is 15.0. The second-order valence-electron chi connectivity index (χ2n) is 6.52. The van der Waals surface area contributed by atoms with Crippen molar-refractivity contribution in [2.75, 3.05) is 6.61 Å². The van der Waals surface area contributed by atoms with Gasteiger partial charge in [-0.3, -0.25) is 4.79 Å². The van der Waals surface area contributed by atoms with Gasteiger partial charge in [0, 0.05) is 6.42 Å². The highest BCUT2D eigenvalue weighted by molar-refractivity contribution is 6.06. The number of aliphatic hydroxyl groups is 2. The minimum Gasteiger partial charge on any atom is -0.460 e. The van der Waals surface area contributed by atoms with Gasteiger partial charge in [-0.1, -0.05) is 58.3 Å². The first-order valence-corrected chi connectivity index (χ1v) is 8.93.